The van der Waals surface area contributed by atoms with E-state index < -0.39 is 11.8 Å². The van der Waals surface area contributed by atoms with Gasteiger partial charge in [-0.15, -0.1) is 6.42 Å². The minimum Gasteiger partial charge on any atom is -0.383 e. The van der Waals surface area contributed by atoms with Gasteiger partial charge >= 0.3 is 11.8 Å². The maximum Gasteiger partial charge on any atom is 0.313 e. The van der Waals surface area contributed by atoms with Gasteiger partial charge in [-0.25, -0.2) is 0 Å². The lowest BCUT2D eigenvalue weighted by molar-refractivity contribution is -0.136. The van der Waals surface area contributed by atoms with Gasteiger partial charge in [-0.2, -0.15) is 0 Å². The van der Waals surface area contributed by atoms with Crippen molar-refractivity contribution < 1.29 is 14.3 Å². The predicted octanol–water partition coefficient (Wildman–Crippen LogP) is 0.833. The number of carbonyl (C=O) groups is 2. The number of amides is 2. The van der Waals surface area contributed by atoms with E-state index in [1.54, 1.807) is 31.4 Å². The zero-order valence-electron chi connectivity index (χ0n) is 13.9. The molecule has 1 aliphatic heterocycles. The van der Waals surface area contributed by atoms with Crippen LogP contribution in [0.15, 0.2) is 24.3 Å². The van der Waals surface area contributed by atoms with Gasteiger partial charge in [-0.3, -0.25) is 14.5 Å². The van der Waals surface area contributed by atoms with Gasteiger partial charge in [-0.1, -0.05) is 12.0 Å². The molecule has 0 bridgehead atoms. The average Bonchev–Trinajstić information content (AvgIpc) is 2.60. The van der Waals surface area contributed by atoms with E-state index in [1.807, 2.05) is 0 Å². The van der Waals surface area contributed by atoms with E-state index in [2.05, 4.69) is 21.5 Å². The number of piperidine rings is 1. The molecule has 0 radical (unpaired) electrons. The van der Waals surface area contributed by atoms with Crippen molar-refractivity contribution in [1.82, 2.24) is 10.2 Å². The molecule has 24 heavy (non-hydrogen) atoms. The van der Waals surface area contributed by atoms with E-state index in [0.717, 1.165) is 32.5 Å². The molecule has 2 N–H and O–H groups in total. The first-order valence-electron chi connectivity index (χ1n) is 8.02. The van der Waals surface area contributed by atoms with Gasteiger partial charge in [0.05, 0.1) is 6.61 Å². The lowest BCUT2D eigenvalue weighted by Crippen LogP contribution is -2.50. The second-order valence-electron chi connectivity index (χ2n) is 5.79. The van der Waals surface area contributed by atoms with Gasteiger partial charge in [0.25, 0.3) is 0 Å². The van der Waals surface area contributed by atoms with Crippen LogP contribution in [0.4, 0.5) is 5.69 Å². The van der Waals surface area contributed by atoms with Gasteiger partial charge in [0.1, 0.15) is 0 Å². The lowest BCUT2D eigenvalue weighted by atomic mass is 10.1. The summed E-state index contributed by atoms with van der Waals surface area (Å²) in [5, 5.41) is 5.37. The fourth-order valence-electron chi connectivity index (χ4n) is 2.72. The van der Waals surface area contributed by atoms with Crippen molar-refractivity contribution in [3.63, 3.8) is 0 Å². The van der Waals surface area contributed by atoms with Gasteiger partial charge in [0, 0.05) is 37.5 Å². The van der Waals surface area contributed by atoms with E-state index in [0.29, 0.717) is 17.9 Å². The van der Waals surface area contributed by atoms with E-state index in [1.165, 1.54) is 0 Å². The molecule has 1 saturated heterocycles. The maximum atomic E-state index is 12.1. The molecule has 128 valence electrons. The van der Waals surface area contributed by atoms with Gasteiger partial charge < -0.3 is 15.4 Å². The number of terminal acetylenes is 1. The second kappa shape index (κ2) is 9.06. The zero-order valence-corrected chi connectivity index (χ0v) is 13.9. The summed E-state index contributed by atoms with van der Waals surface area (Å²) in [7, 11) is 1.67. The van der Waals surface area contributed by atoms with Crippen LogP contribution in [-0.4, -0.2) is 56.1 Å². The van der Waals surface area contributed by atoms with Crippen LogP contribution >= 0.6 is 0 Å². The number of likely N-dealkylation sites (tertiary alicyclic amines) is 1. The Balaban J connectivity index is 1.84. The van der Waals surface area contributed by atoms with Crippen molar-refractivity contribution in [2.75, 3.05) is 38.7 Å². The Morgan fingerprint density at radius 1 is 1.42 bits per heavy atom. The third-order valence-corrected chi connectivity index (χ3v) is 3.95. The Morgan fingerprint density at radius 2 is 2.25 bits per heavy atom. The SMILES string of the molecule is C#Cc1cccc(NC(=O)C(=O)N[C@@H]2CCCN(CCOC)C2)c1. The van der Waals surface area contributed by atoms with Gasteiger partial charge in [0.15, 0.2) is 0 Å². The summed E-state index contributed by atoms with van der Waals surface area (Å²) in [5.74, 6) is 1.18. The van der Waals surface area contributed by atoms with E-state index in [4.69, 9.17) is 11.2 Å². The summed E-state index contributed by atoms with van der Waals surface area (Å²) in [6.45, 7) is 3.20. The summed E-state index contributed by atoms with van der Waals surface area (Å²) in [6, 6.07) is 6.81. The standard InChI is InChI=1S/C18H23N3O3/c1-3-14-6-4-7-15(12-14)19-17(22)18(23)20-16-8-5-9-21(13-16)10-11-24-2/h1,4,6-7,12,16H,5,8-11,13H2,2H3,(H,19,22)(H,20,23)/t16-/m1/s1. The molecule has 1 aromatic carbocycles. The van der Waals surface area contributed by atoms with Crippen molar-refractivity contribution >= 4 is 17.5 Å². The molecule has 1 aliphatic rings. The molecule has 2 amide bonds. The van der Waals surface area contributed by atoms with Gasteiger partial charge in [-0.05, 0) is 37.6 Å². The van der Waals surface area contributed by atoms with Crippen LogP contribution in [0.25, 0.3) is 0 Å². The molecule has 1 aromatic rings. The van der Waals surface area contributed by atoms with Crippen molar-refractivity contribution in [1.29, 1.82) is 0 Å². The number of nitrogens with one attached hydrogen (secondary N) is 2. The quantitative estimate of drug-likeness (QED) is 0.620. The fraction of sp³-hybridized carbons (Fsp3) is 0.444. The average molecular weight is 329 g/mol. The van der Waals surface area contributed by atoms with Crippen molar-refractivity contribution in [2.45, 2.75) is 18.9 Å². The van der Waals surface area contributed by atoms with Crippen LogP contribution in [-0.2, 0) is 14.3 Å². The number of carbonyl (C=O) groups excluding carboxylic acids is 2. The number of ether oxygens (including phenoxy) is 1. The molecular weight excluding hydrogens is 306 g/mol. The minimum absolute atomic E-state index is 0.0223. The Bertz CT molecular complexity index is 624. The molecule has 1 atom stereocenters. The highest BCUT2D eigenvalue weighted by Crippen LogP contribution is 2.11. The molecule has 0 spiro atoms. The van der Waals surface area contributed by atoms with Crippen LogP contribution < -0.4 is 10.6 Å². The van der Waals surface area contributed by atoms with Crippen LogP contribution in [0.2, 0.25) is 0 Å². The molecule has 0 aromatic heterocycles. The van der Waals surface area contributed by atoms with Crippen LogP contribution in [0.5, 0.6) is 0 Å². The summed E-state index contributed by atoms with van der Waals surface area (Å²) in [4.78, 5) is 26.3. The zero-order chi connectivity index (χ0) is 17.4. The predicted molar refractivity (Wildman–Crippen MR) is 92.5 cm³/mol. The molecule has 6 nitrogen and oxygen atoms in total. The Kier molecular flexibility index (Phi) is 6.79. The first-order valence-corrected chi connectivity index (χ1v) is 8.02. The summed E-state index contributed by atoms with van der Waals surface area (Å²) in [5.41, 5.74) is 1.16. The summed E-state index contributed by atoms with van der Waals surface area (Å²) in [6.07, 6.45) is 7.18. The first kappa shape index (κ1) is 18.0. The molecule has 0 saturated carbocycles. The topological polar surface area (TPSA) is 70.7 Å². The summed E-state index contributed by atoms with van der Waals surface area (Å²) >= 11 is 0. The molecule has 0 unspecified atom stereocenters. The maximum absolute atomic E-state index is 12.1. The third kappa shape index (κ3) is 5.37. The van der Waals surface area contributed by atoms with E-state index in [-0.39, 0.29) is 6.04 Å². The Hall–Kier alpha value is -2.36. The number of anilines is 1. The number of methoxy groups -OCH3 is 1. The molecule has 6 heteroatoms. The van der Waals surface area contributed by atoms with E-state index in [9.17, 15) is 9.59 Å². The van der Waals surface area contributed by atoms with E-state index >= 15 is 0 Å². The number of benzene rings is 1. The Labute approximate surface area is 142 Å². The van der Waals surface area contributed by atoms with Crippen LogP contribution in [0.3, 0.4) is 0 Å². The van der Waals surface area contributed by atoms with Crippen molar-refractivity contribution in [2.24, 2.45) is 0 Å². The smallest absolute Gasteiger partial charge is 0.313 e. The Morgan fingerprint density at radius 3 is 3.00 bits per heavy atom. The van der Waals surface area contributed by atoms with Crippen molar-refractivity contribution in [3.05, 3.63) is 29.8 Å². The molecule has 1 fully saturated rings. The van der Waals surface area contributed by atoms with Gasteiger partial charge in [0.2, 0.25) is 0 Å². The first-order chi connectivity index (χ1) is 11.6. The summed E-state index contributed by atoms with van der Waals surface area (Å²) < 4.78 is 5.08. The third-order valence-electron chi connectivity index (χ3n) is 3.95. The second-order valence-corrected chi connectivity index (χ2v) is 5.79. The lowest BCUT2D eigenvalue weighted by Gasteiger charge is -2.32. The van der Waals surface area contributed by atoms with Crippen LogP contribution in [0, 0.1) is 12.3 Å². The molecule has 0 aliphatic carbocycles. The highest BCUT2D eigenvalue weighted by Gasteiger charge is 2.23. The highest BCUT2D eigenvalue weighted by molar-refractivity contribution is 6.39. The fourth-order valence-corrected chi connectivity index (χ4v) is 2.72. The largest absolute Gasteiger partial charge is 0.383 e. The van der Waals surface area contributed by atoms with Crippen LogP contribution in [0.1, 0.15) is 18.4 Å². The number of rotatable bonds is 5. The number of hydrogen-bond donors (Lipinski definition) is 2. The molecular formula is C18H23N3O3. The molecule has 2 rings (SSSR count). The van der Waals surface area contributed by atoms with Crippen molar-refractivity contribution in [3.8, 4) is 12.3 Å². The molecule has 1 heterocycles. The highest BCUT2D eigenvalue weighted by atomic mass is 16.5. The monoisotopic (exact) mass is 329 g/mol. The minimum atomic E-state index is -0.682. The normalized spacial score (nSPS) is 17.8. The number of nitrogens with zero attached hydrogens (tertiary/aromatic N) is 1. The number of hydrogen-bond acceptors (Lipinski definition) is 4.